The van der Waals surface area contributed by atoms with E-state index in [1.54, 1.807) is 30.1 Å². The van der Waals surface area contributed by atoms with Gasteiger partial charge in [0.25, 0.3) is 5.91 Å². The summed E-state index contributed by atoms with van der Waals surface area (Å²) in [6.45, 7) is 7.12. The van der Waals surface area contributed by atoms with Crippen molar-refractivity contribution in [2.24, 2.45) is 5.92 Å². The number of aromatic nitrogens is 3. The number of hydrogen-bond donors (Lipinski definition) is 0. The zero-order chi connectivity index (χ0) is 19.0. The van der Waals surface area contributed by atoms with Crippen LogP contribution in [0.15, 0.2) is 12.3 Å². The van der Waals surface area contributed by atoms with Gasteiger partial charge in [0.2, 0.25) is 5.91 Å². The smallest absolute Gasteiger partial charge is 0.254 e. The Morgan fingerprint density at radius 2 is 2.04 bits per heavy atom. The second-order valence-electron chi connectivity index (χ2n) is 7.55. The van der Waals surface area contributed by atoms with E-state index in [2.05, 4.69) is 10.1 Å². The van der Waals surface area contributed by atoms with Gasteiger partial charge in [0, 0.05) is 38.9 Å². The molecule has 140 valence electrons. The fourth-order valence-electron chi connectivity index (χ4n) is 3.60. The average Bonchev–Trinajstić information content (AvgIpc) is 3.03. The van der Waals surface area contributed by atoms with Crippen molar-refractivity contribution in [3.05, 3.63) is 23.5 Å². The van der Waals surface area contributed by atoms with E-state index in [-0.39, 0.29) is 23.8 Å². The third kappa shape index (κ3) is 3.30. The molecule has 0 N–H and O–H groups in total. The van der Waals surface area contributed by atoms with Crippen LogP contribution in [0.4, 0.5) is 0 Å². The Morgan fingerprint density at radius 1 is 1.31 bits per heavy atom. The number of nitrogens with zero attached hydrogens (tertiary/aromatic N) is 5. The molecule has 0 bridgehead atoms. The van der Waals surface area contributed by atoms with Crippen LogP contribution in [0.5, 0.6) is 0 Å². The Hall–Kier alpha value is -2.44. The van der Waals surface area contributed by atoms with E-state index in [4.69, 9.17) is 0 Å². The van der Waals surface area contributed by atoms with Crippen LogP contribution in [0.3, 0.4) is 0 Å². The van der Waals surface area contributed by atoms with Crippen molar-refractivity contribution in [3.63, 3.8) is 0 Å². The van der Waals surface area contributed by atoms with Gasteiger partial charge in [-0.1, -0.05) is 0 Å². The normalized spacial score (nSPS) is 17.8. The Morgan fingerprint density at radius 3 is 2.69 bits per heavy atom. The molecule has 3 heterocycles. The predicted molar refractivity (Wildman–Crippen MR) is 100.0 cm³/mol. The molecule has 7 nitrogen and oxygen atoms in total. The minimum absolute atomic E-state index is 0.0416. The Labute approximate surface area is 154 Å². The summed E-state index contributed by atoms with van der Waals surface area (Å²) in [5, 5.41) is 5.19. The molecule has 0 radical (unpaired) electrons. The molecule has 1 aliphatic heterocycles. The number of amides is 2. The molecule has 2 aromatic heterocycles. The largest absolute Gasteiger partial charge is 0.349 e. The summed E-state index contributed by atoms with van der Waals surface area (Å²) in [4.78, 5) is 33.5. The summed E-state index contributed by atoms with van der Waals surface area (Å²) in [7, 11) is 3.53. The molecule has 1 aliphatic rings. The van der Waals surface area contributed by atoms with Crippen molar-refractivity contribution in [3.8, 4) is 0 Å². The maximum Gasteiger partial charge on any atom is 0.254 e. The standard InChI is InChI=1S/C19H27N5O2/c1-12(2)24-17-16(10-20-24)15(9-13(3)21-17)19(26)23-8-6-7-14(11-23)18(25)22(4)5/h9-10,12,14H,6-8,11H2,1-5H3. The van der Waals surface area contributed by atoms with Gasteiger partial charge < -0.3 is 9.80 Å². The van der Waals surface area contributed by atoms with Crippen molar-refractivity contribution in [2.75, 3.05) is 27.2 Å². The van der Waals surface area contributed by atoms with E-state index >= 15 is 0 Å². The highest BCUT2D eigenvalue weighted by Crippen LogP contribution is 2.25. The van der Waals surface area contributed by atoms with Gasteiger partial charge in [-0.05, 0) is 39.7 Å². The average molecular weight is 357 g/mol. The Bertz CT molecular complexity index is 840. The van der Waals surface area contributed by atoms with Crippen LogP contribution < -0.4 is 0 Å². The summed E-state index contributed by atoms with van der Waals surface area (Å²) in [5.74, 6) is -0.0780. The van der Waals surface area contributed by atoms with Gasteiger partial charge in [-0.2, -0.15) is 5.10 Å². The first-order valence-corrected chi connectivity index (χ1v) is 9.15. The topological polar surface area (TPSA) is 71.3 Å². The molecule has 0 aromatic carbocycles. The fraction of sp³-hybridized carbons (Fsp3) is 0.579. The SMILES string of the molecule is Cc1cc(C(=O)N2CCCC(C(=O)N(C)C)C2)c2cnn(C(C)C)c2n1. The van der Waals surface area contributed by atoms with Crippen LogP contribution in [0.1, 0.15) is 48.8 Å². The van der Waals surface area contributed by atoms with Gasteiger partial charge in [0.05, 0.1) is 23.1 Å². The molecule has 2 aromatic rings. The van der Waals surface area contributed by atoms with Crippen LogP contribution in [0.2, 0.25) is 0 Å². The lowest BCUT2D eigenvalue weighted by Gasteiger charge is -2.33. The minimum atomic E-state index is -0.125. The predicted octanol–water partition coefficient (Wildman–Crippen LogP) is 2.26. The lowest BCUT2D eigenvalue weighted by molar-refractivity contribution is -0.134. The van der Waals surface area contributed by atoms with Crippen molar-refractivity contribution >= 4 is 22.8 Å². The first kappa shape index (κ1) is 18.4. The van der Waals surface area contributed by atoms with Gasteiger partial charge in [-0.15, -0.1) is 0 Å². The molecule has 26 heavy (non-hydrogen) atoms. The molecule has 1 saturated heterocycles. The molecule has 1 unspecified atom stereocenters. The first-order valence-electron chi connectivity index (χ1n) is 9.15. The number of aryl methyl sites for hydroxylation is 1. The lowest BCUT2D eigenvalue weighted by atomic mass is 9.96. The Balaban J connectivity index is 1.93. The second kappa shape index (κ2) is 7.05. The van der Waals surface area contributed by atoms with E-state index in [9.17, 15) is 9.59 Å². The summed E-state index contributed by atoms with van der Waals surface area (Å²) in [6, 6.07) is 2.00. The van der Waals surface area contributed by atoms with Gasteiger partial charge in [-0.25, -0.2) is 9.67 Å². The highest BCUT2D eigenvalue weighted by molar-refractivity contribution is 6.05. The van der Waals surface area contributed by atoms with Gasteiger partial charge >= 0.3 is 0 Å². The van der Waals surface area contributed by atoms with E-state index in [1.807, 2.05) is 31.5 Å². The molecule has 0 saturated carbocycles. The number of pyridine rings is 1. The monoisotopic (exact) mass is 357 g/mol. The van der Waals surface area contributed by atoms with Crippen LogP contribution in [-0.4, -0.2) is 63.6 Å². The summed E-state index contributed by atoms with van der Waals surface area (Å²) in [5.41, 5.74) is 2.15. The highest BCUT2D eigenvalue weighted by atomic mass is 16.2. The molecule has 0 aliphatic carbocycles. The molecule has 1 fully saturated rings. The third-order valence-corrected chi connectivity index (χ3v) is 4.91. The van der Waals surface area contributed by atoms with Gasteiger partial charge in [0.15, 0.2) is 5.65 Å². The van der Waals surface area contributed by atoms with E-state index in [1.165, 1.54) is 0 Å². The van der Waals surface area contributed by atoms with Gasteiger partial charge in [0.1, 0.15) is 0 Å². The molecular weight excluding hydrogens is 330 g/mol. The van der Waals surface area contributed by atoms with Crippen molar-refractivity contribution in [1.82, 2.24) is 24.6 Å². The quantitative estimate of drug-likeness (QED) is 0.845. The number of carbonyl (C=O) groups excluding carboxylic acids is 2. The van der Waals surface area contributed by atoms with E-state index in [0.29, 0.717) is 18.7 Å². The number of hydrogen-bond acceptors (Lipinski definition) is 4. The third-order valence-electron chi connectivity index (χ3n) is 4.91. The number of rotatable bonds is 3. The van der Waals surface area contributed by atoms with Crippen LogP contribution >= 0.6 is 0 Å². The van der Waals surface area contributed by atoms with Gasteiger partial charge in [-0.3, -0.25) is 9.59 Å². The zero-order valence-electron chi connectivity index (χ0n) is 16.2. The number of carbonyl (C=O) groups is 2. The molecule has 2 amide bonds. The maximum atomic E-state index is 13.2. The summed E-state index contributed by atoms with van der Waals surface area (Å²) >= 11 is 0. The van der Waals surface area contributed by atoms with E-state index in [0.717, 1.165) is 29.6 Å². The van der Waals surface area contributed by atoms with Crippen molar-refractivity contribution < 1.29 is 9.59 Å². The number of likely N-dealkylation sites (tertiary alicyclic amines) is 1. The first-order chi connectivity index (χ1) is 12.3. The molecular formula is C19H27N5O2. The van der Waals surface area contributed by atoms with Crippen molar-refractivity contribution in [1.29, 1.82) is 0 Å². The Kier molecular flexibility index (Phi) is 4.98. The minimum Gasteiger partial charge on any atom is -0.349 e. The summed E-state index contributed by atoms with van der Waals surface area (Å²) < 4.78 is 1.84. The zero-order valence-corrected chi connectivity index (χ0v) is 16.2. The maximum absolute atomic E-state index is 13.2. The second-order valence-corrected chi connectivity index (χ2v) is 7.55. The summed E-state index contributed by atoms with van der Waals surface area (Å²) in [6.07, 6.45) is 3.40. The lowest BCUT2D eigenvalue weighted by Crippen LogP contribution is -2.45. The fourth-order valence-corrected chi connectivity index (χ4v) is 3.60. The number of fused-ring (bicyclic) bond motifs is 1. The van der Waals surface area contributed by atoms with Crippen LogP contribution in [-0.2, 0) is 4.79 Å². The van der Waals surface area contributed by atoms with E-state index < -0.39 is 0 Å². The van der Waals surface area contributed by atoms with Crippen LogP contribution in [0.25, 0.3) is 11.0 Å². The molecule has 1 atom stereocenters. The molecule has 7 heteroatoms. The molecule has 3 rings (SSSR count). The highest BCUT2D eigenvalue weighted by Gasteiger charge is 2.31. The number of piperidine rings is 1. The molecule has 0 spiro atoms. The van der Waals surface area contributed by atoms with Crippen molar-refractivity contribution in [2.45, 2.75) is 39.7 Å². The van der Waals surface area contributed by atoms with Crippen LogP contribution in [0, 0.1) is 12.8 Å².